The second-order valence-electron chi connectivity index (χ2n) is 5.13. The van der Waals surface area contributed by atoms with Crippen molar-refractivity contribution in [3.05, 3.63) is 36.8 Å². The molecule has 0 fully saturated rings. The molecule has 0 aliphatic heterocycles. The van der Waals surface area contributed by atoms with E-state index in [1.54, 1.807) is 35.0 Å². The molecule has 2 N–H and O–H groups in total. The first kappa shape index (κ1) is 15.4. The minimum atomic E-state index is -0.238. The molecule has 6 nitrogen and oxygen atoms in total. The molecule has 0 unspecified atom stereocenters. The zero-order valence-electron chi connectivity index (χ0n) is 12.3. The molecule has 0 aliphatic rings. The van der Waals surface area contributed by atoms with Crippen molar-refractivity contribution >= 4 is 23.5 Å². The van der Waals surface area contributed by atoms with E-state index in [-0.39, 0.29) is 10.8 Å². The van der Waals surface area contributed by atoms with Crippen LogP contribution in [0.2, 0.25) is 0 Å². The van der Waals surface area contributed by atoms with E-state index in [4.69, 9.17) is 0 Å². The van der Waals surface area contributed by atoms with Gasteiger partial charge in [0.1, 0.15) is 0 Å². The molecule has 0 radical (unpaired) electrons. The second kappa shape index (κ2) is 6.62. The van der Waals surface area contributed by atoms with E-state index in [1.165, 1.54) is 0 Å². The first-order valence-corrected chi connectivity index (χ1v) is 7.79. The van der Waals surface area contributed by atoms with Crippen LogP contribution in [0.15, 0.2) is 36.8 Å². The van der Waals surface area contributed by atoms with Gasteiger partial charge in [-0.05, 0) is 32.2 Å². The number of anilines is 1. The molecule has 112 valence electrons. The van der Waals surface area contributed by atoms with E-state index in [0.717, 1.165) is 0 Å². The average Bonchev–Trinajstić information content (AvgIpc) is 2.95. The van der Waals surface area contributed by atoms with Gasteiger partial charge in [-0.3, -0.25) is 0 Å². The molecule has 0 aromatic carbocycles. The normalized spacial score (nSPS) is 11.2. The smallest absolute Gasteiger partial charge is 0.319 e. The predicted molar refractivity (Wildman–Crippen MR) is 86.0 cm³/mol. The lowest BCUT2D eigenvalue weighted by Gasteiger charge is -2.22. The van der Waals surface area contributed by atoms with Crippen LogP contribution >= 0.6 is 11.8 Å². The van der Waals surface area contributed by atoms with Gasteiger partial charge in [0.25, 0.3) is 0 Å². The molecular formula is C14H19N5OS. The van der Waals surface area contributed by atoms with Crippen molar-refractivity contribution < 1.29 is 4.79 Å². The van der Waals surface area contributed by atoms with E-state index in [2.05, 4.69) is 34.6 Å². The molecule has 0 saturated carbocycles. The van der Waals surface area contributed by atoms with Crippen molar-refractivity contribution in [3.63, 3.8) is 0 Å². The Bertz CT molecular complexity index is 596. The van der Waals surface area contributed by atoms with Crippen LogP contribution in [0, 0.1) is 0 Å². The molecule has 7 heteroatoms. The molecule has 2 aromatic heterocycles. The van der Waals surface area contributed by atoms with Crippen molar-refractivity contribution in [3.8, 4) is 5.82 Å². The third kappa shape index (κ3) is 4.49. The van der Waals surface area contributed by atoms with Crippen molar-refractivity contribution in [1.82, 2.24) is 20.1 Å². The Labute approximate surface area is 128 Å². The number of hydrogen-bond acceptors (Lipinski definition) is 4. The molecule has 0 spiro atoms. The zero-order chi connectivity index (χ0) is 15.3. The van der Waals surface area contributed by atoms with Crippen molar-refractivity contribution in [1.29, 1.82) is 0 Å². The Balaban J connectivity index is 1.92. The van der Waals surface area contributed by atoms with E-state index in [0.29, 0.717) is 18.1 Å². The second-order valence-corrected chi connectivity index (χ2v) is 6.65. The van der Waals surface area contributed by atoms with E-state index < -0.39 is 0 Å². The maximum absolute atomic E-state index is 11.8. The number of amides is 2. The molecule has 0 aliphatic carbocycles. The van der Waals surface area contributed by atoms with E-state index in [9.17, 15) is 4.79 Å². The van der Waals surface area contributed by atoms with E-state index in [1.807, 2.05) is 24.5 Å². The molecule has 0 atom stereocenters. The first-order chi connectivity index (χ1) is 10.00. The number of thioether (sulfide) groups is 1. The Morgan fingerprint density at radius 3 is 2.90 bits per heavy atom. The standard InChI is InChI=1S/C14H19N5OS/c1-14(2,21-3)10-16-13(20)18-11-8-17-19(9-11)12-6-4-5-7-15-12/h4-9H,10H2,1-3H3,(H2,16,18,20). The van der Waals surface area contributed by atoms with Crippen molar-refractivity contribution in [2.45, 2.75) is 18.6 Å². The van der Waals surface area contributed by atoms with Crippen LogP contribution in [0.5, 0.6) is 0 Å². The average molecular weight is 305 g/mol. The minimum absolute atomic E-state index is 0.00940. The fourth-order valence-corrected chi connectivity index (χ4v) is 1.76. The molecular weight excluding hydrogens is 286 g/mol. The number of carbonyl (C=O) groups excluding carboxylic acids is 1. The highest BCUT2D eigenvalue weighted by Gasteiger charge is 2.17. The van der Waals surface area contributed by atoms with Gasteiger partial charge in [0, 0.05) is 17.5 Å². The number of urea groups is 1. The van der Waals surface area contributed by atoms with Crippen LogP contribution in [0.4, 0.5) is 10.5 Å². The topological polar surface area (TPSA) is 71.8 Å². The van der Waals surface area contributed by atoms with Crippen LogP contribution in [0.3, 0.4) is 0 Å². The Morgan fingerprint density at radius 2 is 2.24 bits per heavy atom. The Kier molecular flexibility index (Phi) is 4.85. The monoisotopic (exact) mass is 305 g/mol. The summed E-state index contributed by atoms with van der Waals surface area (Å²) in [6, 6.07) is 5.33. The van der Waals surface area contributed by atoms with Gasteiger partial charge in [-0.2, -0.15) is 16.9 Å². The highest BCUT2D eigenvalue weighted by Crippen LogP contribution is 2.19. The lowest BCUT2D eigenvalue weighted by molar-refractivity contribution is 0.251. The predicted octanol–water partition coefficient (Wildman–Crippen LogP) is 2.53. The summed E-state index contributed by atoms with van der Waals surface area (Å²) >= 11 is 1.71. The molecule has 2 heterocycles. The number of carbonyl (C=O) groups is 1. The summed E-state index contributed by atoms with van der Waals surface area (Å²) in [6.45, 7) is 4.75. The van der Waals surface area contributed by atoms with Crippen LogP contribution in [0.25, 0.3) is 5.82 Å². The first-order valence-electron chi connectivity index (χ1n) is 6.56. The minimum Gasteiger partial charge on any atom is -0.336 e. The largest absolute Gasteiger partial charge is 0.336 e. The van der Waals surface area contributed by atoms with Gasteiger partial charge in [0.15, 0.2) is 5.82 Å². The van der Waals surface area contributed by atoms with Gasteiger partial charge in [-0.1, -0.05) is 6.07 Å². The molecule has 2 aromatic rings. The number of rotatable bonds is 5. The van der Waals surface area contributed by atoms with E-state index >= 15 is 0 Å². The number of nitrogens with one attached hydrogen (secondary N) is 2. The van der Waals surface area contributed by atoms with Gasteiger partial charge in [-0.25, -0.2) is 14.5 Å². The number of nitrogens with zero attached hydrogens (tertiary/aromatic N) is 3. The number of aromatic nitrogens is 3. The summed E-state index contributed by atoms with van der Waals surface area (Å²) in [4.78, 5) is 16.0. The highest BCUT2D eigenvalue weighted by molar-refractivity contribution is 7.99. The van der Waals surface area contributed by atoms with Crippen molar-refractivity contribution in [2.24, 2.45) is 0 Å². The van der Waals surface area contributed by atoms with Gasteiger partial charge < -0.3 is 10.6 Å². The van der Waals surface area contributed by atoms with Crippen LogP contribution < -0.4 is 10.6 Å². The lowest BCUT2D eigenvalue weighted by atomic mass is 10.2. The van der Waals surface area contributed by atoms with Crippen LogP contribution in [-0.4, -0.2) is 38.3 Å². The Morgan fingerprint density at radius 1 is 1.43 bits per heavy atom. The zero-order valence-corrected chi connectivity index (χ0v) is 13.1. The van der Waals surface area contributed by atoms with Crippen LogP contribution in [-0.2, 0) is 0 Å². The maximum Gasteiger partial charge on any atom is 0.319 e. The summed E-state index contributed by atoms with van der Waals surface area (Å²) in [6.07, 6.45) is 7.04. The molecule has 0 saturated heterocycles. The quantitative estimate of drug-likeness (QED) is 0.890. The lowest BCUT2D eigenvalue weighted by Crippen LogP contribution is -2.38. The summed E-state index contributed by atoms with van der Waals surface area (Å²) in [5.41, 5.74) is 0.625. The molecule has 21 heavy (non-hydrogen) atoms. The number of hydrogen-bond donors (Lipinski definition) is 2. The summed E-state index contributed by atoms with van der Waals surface area (Å²) in [5.74, 6) is 0.703. The summed E-state index contributed by atoms with van der Waals surface area (Å²) < 4.78 is 1.62. The molecule has 0 bridgehead atoms. The SMILES string of the molecule is CSC(C)(C)CNC(=O)Nc1cnn(-c2ccccn2)c1. The third-order valence-corrected chi connectivity index (χ3v) is 4.20. The summed E-state index contributed by atoms with van der Waals surface area (Å²) in [7, 11) is 0. The highest BCUT2D eigenvalue weighted by atomic mass is 32.2. The van der Waals surface area contributed by atoms with Gasteiger partial charge in [0.05, 0.1) is 18.1 Å². The van der Waals surface area contributed by atoms with Gasteiger partial charge in [0.2, 0.25) is 0 Å². The summed E-state index contributed by atoms with van der Waals surface area (Å²) in [5, 5.41) is 9.78. The maximum atomic E-state index is 11.8. The number of pyridine rings is 1. The van der Waals surface area contributed by atoms with Crippen LogP contribution in [0.1, 0.15) is 13.8 Å². The Hall–Kier alpha value is -2.02. The molecule has 2 amide bonds. The van der Waals surface area contributed by atoms with Gasteiger partial charge in [-0.15, -0.1) is 0 Å². The van der Waals surface area contributed by atoms with Crippen molar-refractivity contribution in [2.75, 3.05) is 18.1 Å². The third-order valence-electron chi connectivity index (χ3n) is 2.95. The van der Waals surface area contributed by atoms with Gasteiger partial charge >= 0.3 is 6.03 Å². The fourth-order valence-electron chi connectivity index (χ4n) is 1.54. The fraction of sp³-hybridized carbons (Fsp3) is 0.357. The molecule has 2 rings (SSSR count).